The Morgan fingerprint density at radius 1 is 1.11 bits per heavy atom. The molecule has 2 aromatic rings. The first-order valence-corrected chi connectivity index (χ1v) is 7.02. The zero-order chi connectivity index (χ0) is 13.8. The molecule has 1 unspecified atom stereocenters. The molecule has 0 fully saturated rings. The van der Waals surface area contributed by atoms with Gasteiger partial charge < -0.3 is 5.11 Å². The number of aliphatic hydroxyl groups excluding tert-OH is 1. The van der Waals surface area contributed by atoms with Gasteiger partial charge in [-0.2, -0.15) is 0 Å². The third-order valence-corrected chi connectivity index (χ3v) is 3.97. The maximum Gasteiger partial charge on any atom is 0.137 e. The summed E-state index contributed by atoms with van der Waals surface area (Å²) in [5, 5.41) is 10.1. The summed E-state index contributed by atoms with van der Waals surface area (Å²) in [5.74, 6) is -0.292. The lowest BCUT2D eigenvalue weighted by molar-refractivity contribution is 0.175. The van der Waals surface area contributed by atoms with Crippen LogP contribution in [-0.4, -0.2) is 11.2 Å². The van der Waals surface area contributed by atoms with Crippen molar-refractivity contribution in [2.24, 2.45) is 0 Å². The van der Waals surface area contributed by atoms with E-state index in [2.05, 4.69) is 15.9 Å². The van der Waals surface area contributed by atoms with Crippen LogP contribution in [0.25, 0.3) is 0 Å². The first-order chi connectivity index (χ1) is 9.06. The van der Waals surface area contributed by atoms with Crippen molar-refractivity contribution in [2.45, 2.75) is 25.9 Å². The first-order valence-electron chi connectivity index (χ1n) is 6.23. The highest BCUT2D eigenvalue weighted by molar-refractivity contribution is 9.10. The van der Waals surface area contributed by atoms with Crippen LogP contribution in [0.3, 0.4) is 0 Å². The summed E-state index contributed by atoms with van der Waals surface area (Å²) >= 11 is 3.22. The Bertz CT molecular complexity index is 551. The second-order valence-corrected chi connectivity index (χ2v) is 5.55. The average molecular weight is 323 g/mol. The molecular formula is C16H16BrFO. The van der Waals surface area contributed by atoms with Crippen LogP contribution in [0, 0.1) is 12.7 Å². The molecule has 1 atom stereocenters. The summed E-state index contributed by atoms with van der Waals surface area (Å²) in [6.07, 6.45) is 0.496. The topological polar surface area (TPSA) is 20.2 Å². The molecule has 0 radical (unpaired) electrons. The SMILES string of the molecule is Cc1ccc(CC(O)Cc2cccc(F)c2Br)cc1. The van der Waals surface area contributed by atoms with Crippen LogP contribution in [0.2, 0.25) is 0 Å². The van der Waals surface area contributed by atoms with Crippen LogP contribution >= 0.6 is 15.9 Å². The molecule has 0 aliphatic rings. The largest absolute Gasteiger partial charge is 0.392 e. The van der Waals surface area contributed by atoms with E-state index in [0.29, 0.717) is 17.3 Å². The van der Waals surface area contributed by atoms with E-state index in [4.69, 9.17) is 0 Å². The second-order valence-electron chi connectivity index (χ2n) is 4.76. The van der Waals surface area contributed by atoms with Crippen molar-refractivity contribution in [1.29, 1.82) is 0 Å². The van der Waals surface area contributed by atoms with Crippen molar-refractivity contribution >= 4 is 15.9 Å². The summed E-state index contributed by atoms with van der Waals surface area (Å²) < 4.78 is 13.8. The quantitative estimate of drug-likeness (QED) is 0.900. The Labute approximate surface area is 121 Å². The van der Waals surface area contributed by atoms with Gasteiger partial charge in [-0.3, -0.25) is 0 Å². The number of hydrogen-bond donors (Lipinski definition) is 1. The number of rotatable bonds is 4. The van der Waals surface area contributed by atoms with Gasteiger partial charge in [0, 0.05) is 0 Å². The molecule has 1 nitrogen and oxygen atoms in total. The predicted octanol–water partition coefficient (Wildman–Crippen LogP) is 4.04. The summed E-state index contributed by atoms with van der Waals surface area (Å²) in [4.78, 5) is 0. The summed E-state index contributed by atoms with van der Waals surface area (Å²) in [6, 6.07) is 13.0. The van der Waals surface area contributed by atoms with Gasteiger partial charge in [-0.15, -0.1) is 0 Å². The third-order valence-electron chi connectivity index (χ3n) is 3.08. The molecule has 2 aromatic carbocycles. The average Bonchev–Trinajstić information content (AvgIpc) is 2.38. The van der Waals surface area contributed by atoms with Crippen molar-refractivity contribution in [3.8, 4) is 0 Å². The predicted molar refractivity (Wildman–Crippen MR) is 78.7 cm³/mol. The van der Waals surface area contributed by atoms with Crippen LogP contribution < -0.4 is 0 Å². The monoisotopic (exact) mass is 322 g/mol. The molecule has 3 heteroatoms. The molecule has 0 saturated heterocycles. The van der Waals surface area contributed by atoms with Crippen LogP contribution in [0.4, 0.5) is 4.39 Å². The van der Waals surface area contributed by atoms with Gasteiger partial charge in [0.15, 0.2) is 0 Å². The van der Waals surface area contributed by atoms with Crippen LogP contribution in [0.1, 0.15) is 16.7 Å². The molecule has 19 heavy (non-hydrogen) atoms. The Kier molecular flexibility index (Phi) is 4.72. The molecule has 0 aliphatic heterocycles. The standard InChI is InChI=1S/C16H16BrFO/c1-11-5-7-12(8-6-11)9-14(19)10-13-3-2-4-15(18)16(13)17/h2-8,14,19H,9-10H2,1H3. The first kappa shape index (κ1) is 14.2. The minimum Gasteiger partial charge on any atom is -0.392 e. The van der Waals surface area contributed by atoms with Gasteiger partial charge in [-0.1, -0.05) is 42.0 Å². The Morgan fingerprint density at radius 3 is 2.47 bits per heavy atom. The zero-order valence-electron chi connectivity index (χ0n) is 10.7. The lowest BCUT2D eigenvalue weighted by Gasteiger charge is -2.12. The molecule has 0 aliphatic carbocycles. The van der Waals surface area contributed by atoms with Gasteiger partial charge in [0.2, 0.25) is 0 Å². The highest BCUT2D eigenvalue weighted by Crippen LogP contribution is 2.22. The lowest BCUT2D eigenvalue weighted by Crippen LogP contribution is -2.14. The van der Waals surface area contributed by atoms with Gasteiger partial charge in [0.05, 0.1) is 10.6 Å². The van der Waals surface area contributed by atoms with Crippen molar-refractivity contribution in [2.75, 3.05) is 0 Å². The minimum atomic E-state index is -0.513. The maximum absolute atomic E-state index is 13.4. The fourth-order valence-electron chi connectivity index (χ4n) is 2.03. The van der Waals surface area contributed by atoms with Gasteiger partial charge in [-0.05, 0) is 52.9 Å². The summed E-state index contributed by atoms with van der Waals surface area (Å²) in [5.41, 5.74) is 3.08. The van der Waals surface area contributed by atoms with E-state index >= 15 is 0 Å². The maximum atomic E-state index is 13.4. The summed E-state index contributed by atoms with van der Waals surface area (Å²) in [6.45, 7) is 2.03. The molecule has 0 spiro atoms. The minimum absolute atomic E-state index is 0.292. The van der Waals surface area contributed by atoms with E-state index in [1.54, 1.807) is 6.07 Å². The van der Waals surface area contributed by atoms with E-state index in [9.17, 15) is 9.50 Å². The molecule has 1 N–H and O–H groups in total. The molecule has 100 valence electrons. The fraction of sp³-hybridized carbons (Fsp3) is 0.250. The van der Waals surface area contributed by atoms with Crippen molar-refractivity contribution in [1.82, 2.24) is 0 Å². The van der Waals surface area contributed by atoms with Crippen molar-refractivity contribution in [3.05, 3.63) is 69.4 Å². The molecule has 0 aromatic heterocycles. The number of aliphatic hydroxyl groups is 1. The number of hydrogen-bond acceptors (Lipinski definition) is 1. The lowest BCUT2D eigenvalue weighted by atomic mass is 10.0. The van der Waals surface area contributed by atoms with E-state index in [1.807, 2.05) is 37.3 Å². The normalized spacial score (nSPS) is 12.4. The third kappa shape index (κ3) is 3.88. The van der Waals surface area contributed by atoms with Crippen molar-refractivity contribution in [3.63, 3.8) is 0 Å². The number of benzene rings is 2. The molecule has 0 heterocycles. The van der Waals surface area contributed by atoms with Gasteiger partial charge >= 0.3 is 0 Å². The van der Waals surface area contributed by atoms with Gasteiger partial charge in [-0.25, -0.2) is 4.39 Å². The van der Waals surface area contributed by atoms with Crippen LogP contribution in [-0.2, 0) is 12.8 Å². The molecular weight excluding hydrogens is 307 g/mol. The molecule has 0 bridgehead atoms. The van der Waals surface area contributed by atoms with E-state index in [-0.39, 0.29) is 5.82 Å². The number of halogens is 2. The molecule has 0 amide bonds. The van der Waals surface area contributed by atoms with Crippen LogP contribution in [0.15, 0.2) is 46.9 Å². The summed E-state index contributed by atoms with van der Waals surface area (Å²) in [7, 11) is 0. The van der Waals surface area contributed by atoms with Gasteiger partial charge in [0.1, 0.15) is 5.82 Å². The Balaban J connectivity index is 2.03. The highest BCUT2D eigenvalue weighted by Gasteiger charge is 2.11. The van der Waals surface area contributed by atoms with Crippen molar-refractivity contribution < 1.29 is 9.50 Å². The highest BCUT2D eigenvalue weighted by atomic mass is 79.9. The smallest absolute Gasteiger partial charge is 0.137 e. The van der Waals surface area contributed by atoms with E-state index in [1.165, 1.54) is 11.6 Å². The second kappa shape index (κ2) is 6.31. The molecule has 0 saturated carbocycles. The Hall–Kier alpha value is -1.19. The zero-order valence-corrected chi connectivity index (χ0v) is 12.3. The fourth-order valence-corrected chi connectivity index (χ4v) is 2.45. The number of aryl methyl sites for hydroxylation is 1. The Morgan fingerprint density at radius 2 is 1.79 bits per heavy atom. The van der Waals surface area contributed by atoms with Crippen LogP contribution in [0.5, 0.6) is 0 Å². The van der Waals surface area contributed by atoms with E-state index in [0.717, 1.165) is 11.1 Å². The molecule has 2 rings (SSSR count). The van der Waals surface area contributed by atoms with E-state index < -0.39 is 6.10 Å². The van der Waals surface area contributed by atoms with Gasteiger partial charge in [0.25, 0.3) is 0 Å².